The predicted molar refractivity (Wildman–Crippen MR) is 86.3 cm³/mol. The van der Waals surface area contributed by atoms with Crippen LogP contribution < -0.4 is 5.73 Å². The number of rotatable bonds is 10. The lowest BCUT2D eigenvalue weighted by Crippen LogP contribution is -2.16. The maximum absolute atomic E-state index is 12.1. The Morgan fingerprint density at radius 3 is 2.48 bits per heavy atom. The summed E-state index contributed by atoms with van der Waals surface area (Å²) in [7, 11) is -3.39. The topological polar surface area (TPSA) is 78.6 Å². The molecule has 1 rings (SSSR count). The molecule has 0 bridgehead atoms. The predicted octanol–water partition coefficient (Wildman–Crippen LogP) is 1.54. The van der Waals surface area contributed by atoms with Crippen LogP contribution in [0, 0.1) is 0 Å². The molecule has 0 spiro atoms. The molecular formula is C14H21NO4S2. The fourth-order valence-corrected chi connectivity index (χ4v) is 2.89. The molecule has 0 unspecified atom stereocenters. The Balaban J connectivity index is 2.46. The zero-order valence-electron chi connectivity index (χ0n) is 12.1. The number of sulfone groups is 1. The zero-order valence-corrected chi connectivity index (χ0v) is 13.7. The minimum Gasteiger partial charge on any atom is -0.389 e. The Morgan fingerprint density at radius 1 is 1.19 bits per heavy atom. The first-order valence-corrected chi connectivity index (χ1v) is 8.81. The van der Waals surface area contributed by atoms with Crippen molar-refractivity contribution in [3.05, 3.63) is 29.8 Å². The second kappa shape index (κ2) is 9.09. The van der Waals surface area contributed by atoms with Crippen LogP contribution in [-0.4, -0.2) is 45.6 Å². The van der Waals surface area contributed by atoms with E-state index < -0.39 is 9.84 Å². The molecule has 1 aromatic rings. The van der Waals surface area contributed by atoms with E-state index in [1.165, 1.54) is 12.1 Å². The van der Waals surface area contributed by atoms with E-state index in [1.807, 2.05) is 6.92 Å². The molecule has 21 heavy (non-hydrogen) atoms. The Bertz CT molecular complexity index is 558. The Morgan fingerprint density at radius 2 is 1.86 bits per heavy atom. The average molecular weight is 331 g/mol. The van der Waals surface area contributed by atoms with Gasteiger partial charge in [-0.1, -0.05) is 31.3 Å². The first kappa shape index (κ1) is 18.0. The van der Waals surface area contributed by atoms with Gasteiger partial charge in [-0.2, -0.15) is 0 Å². The van der Waals surface area contributed by atoms with Crippen LogP contribution >= 0.6 is 12.2 Å². The van der Waals surface area contributed by atoms with Gasteiger partial charge in [0.1, 0.15) is 4.99 Å². The molecule has 0 aromatic heterocycles. The molecule has 0 fully saturated rings. The molecule has 0 amide bonds. The lowest BCUT2D eigenvalue weighted by Gasteiger charge is -2.07. The van der Waals surface area contributed by atoms with Crippen LogP contribution in [0.3, 0.4) is 0 Å². The second-order valence-electron chi connectivity index (χ2n) is 4.44. The van der Waals surface area contributed by atoms with Crippen molar-refractivity contribution in [1.29, 1.82) is 0 Å². The van der Waals surface area contributed by atoms with Gasteiger partial charge in [-0.05, 0) is 18.6 Å². The first-order valence-electron chi connectivity index (χ1n) is 6.75. The SMILES string of the molecule is CCCOCCOCCS(=O)(=O)c1cccc(C(N)=S)c1. The Labute approximate surface area is 131 Å². The first-order chi connectivity index (χ1) is 9.97. The zero-order chi connectivity index (χ0) is 15.7. The second-order valence-corrected chi connectivity index (χ2v) is 6.98. The number of nitrogens with two attached hydrogens (primary N) is 1. The van der Waals surface area contributed by atoms with Gasteiger partial charge in [0, 0.05) is 12.2 Å². The molecule has 7 heteroatoms. The standard InChI is InChI=1S/C14H21NO4S2/c1-2-6-18-7-8-19-9-10-21(16,17)13-5-3-4-12(11-13)14(15)20/h3-5,11H,2,6-10H2,1H3,(H2,15,20). The van der Waals surface area contributed by atoms with Gasteiger partial charge >= 0.3 is 0 Å². The highest BCUT2D eigenvalue weighted by Crippen LogP contribution is 2.13. The normalized spacial score (nSPS) is 11.5. The summed E-state index contributed by atoms with van der Waals surface area (Å²) in [6, 6.07) is 6.33. The summed E-state index contributed by atoms with van der Waals surface area (Å²) in [5.41, 5.74) is 6.05. The van der Waals surface area contributed by atoms with Crippen molar-refractivity contribution in [1.82, 2.24) is 0 Å². The van der Waals surface area contributed by atoms with Crippen LogP contribution in [0.25, 0.3) is 0 Å². The minimum absolute atomic E-state index is 0.0818. The summed E-state index contributed by atoms with van der Waals surface area (Å²) in [4.78, 5) is 0.384. The molecule has 0 radical (unpaired) electrons. The molecular weight excluding hydrogens is 310 g/mol. The van der Waals surface area contributed by atoms with Gasteiger partial charge in [0.05, 0.1) is 30.5 Å². The van der Waals surface area contributed by atoms with E-state index in [1.54, 1.807) is 12.1 Å². The Kier molecular flexibility index (Phi) is 7.81. The van der Waals surface area contributed by atoms with E-state index in [0.29, 0.717) is 25.4 Å². The van der Waals surface area contributed by atoms with Gasteiger partial charge in [0.2, 0.25) is 0 Å². The molecule has 0 aliphatic carbocycles. The molecule has 1 aromatic carbocycles. The lowest BCUT2D eigenvalue weighted by atomic mass is 10.2. The largest absolute Gasteiger partial charge is 0.389 e. The van der Waals surface area contributed by atoms with Crippen LogP contribution in [0.2, 0.25) is 0 Å². The van der Waals surface area contributed by atoms with Crippen molar-refractivity contribution in [2.75, 3.05) is 32.2 Å². The number of benzene rings is 1. The number of ether oxygens (including phenoxy) is 2. The molecule has 5 nitrogen and oxygen atoms in total. The van der Waals surface area contributed by atoms with Crippen molar-refractivity contribution in [3.8, 4) is 0 Å². The number of hydrogen-bond donors (Lipinski definition) is 1. The molecule has 0 heterocycles. The number of thiocarbonyl (C=S) groups is 1. The van der Waals surface area contributed by atoms with Crippen LogP contribution in [0.1, 0.15) is 18.9 Å². The molecule has 0 atom stereocenters. The highest BCUT2D eigenvalue weighted by Gasteiger charge is 2.15. The third kappa shape index (κ3) is 6.52. The monoisotopic (exact) mass is 331 g/mol. The smallest absolute Gasteiger partial charge is 0.180 e. The van der Waals surface area contributed by atoms with Crippen molar-refractivity contribution < 1.29 is 17.9 Å². The van der Waals surface area contributed by atoms with E-state index in [-0.39, 0.29) is 22.2 Å². The quantitative estimate of drug-likeness (QED) is 0.517. The van der Waals surface area contributed by atoms with Crippen LogP contribution in [0.15, 0.2) is 29.2 Å². The molecule has 0 aliphatic rings. The molecule has 0 aliphatic heterocycles. The van der Waals surface area contributed by atoms with E-state index in [2.05, 4.69) is 0 Å². The van der Waals surface area contributed by atoms with Crippen LogP contribution in [0.5, 0.6) is 0 Å². The fourth-order valence-electron chi connectivity index (χ4n) is 1.60. The van der Waals surface area contributed by atoms with Gasteiger partial charge in [-0.15, -0.1) is 0 Å². The summed E-state index contributed by atoms with van der Waals surface area (Å²) in [6.07, 6.45) is 0.952. The maximum atomic E-state index is 12.1. The molecule has 0 saturated carbocycles. The van der Waals surface area contributed by atoms with Crippen molar-refractivity contribution in [2.24, 2.45) is 5.73 Å². The van der Waals surface area contributed by atoms with Gasteiger partial charge < -0.3 is 15.2 Å². The fraction of sp³-hybridized carbons (Fsp3) is 0.500. The highest BCUT2D eigenvalue weighted by molar-refractivity contribution is 7.91. The minimum atomic E-state index is -3.39. The summed E-state index contributed by atoms with van der Waals surface area (Å²) in [5, 5.41) is 0. The Hall–Kier alpha value is -1.02. The van der Waals surface area contributed by atoms with Gasteiger partial charge in [0.25, 0.3) is 0 Å². The summed E-state index contributed by atoms with van der Waals surface area (Å²) in [5.74, 6) is -0.0818. The van der Waals surface area contributed by atoms with E-state index in [4.69, 9.17) is 27.4 Å². The van der Waals surface area contributed by atoms with Gasteiger partial charge in [-0.3, -0.25) is 0 Å². The van der Waals surface area contributed by atoms with E-state index in [0.717, 1.165) is 6.42 Å². The summed E-state index contributed by atoms with van der Waals surface area (Å²) in [6.45, 7) is 3.71. The van der Waals surface area contributed by atoms with Gasteiger partial charge in [-0.25, -0.2) is 8.42 Å². The summed E-state index contributed by atoms with van der Waals surface area (Å²) >= 11 is 4.85. The summed E-state index contributed by atoms with van der Waals surface area (Å²) < 4.78 is 34.8. The van der Waals surface area contributed by atoms with Crippen molar-refractivity contribution in [2.45, 2.75) is 18.2 Å². The molecule has 118 valence electrons. The average Bonchev–Trinajstić information content (AvgIpc) is 2.46. The molecule has 2 N–H and O–H groups in total. The number of hydrogen-bond acceptors (Lipinski definition) is 5. The van der Waals surface area contributed by atoms with Crippen LogP contribution in [0.4, 0.5) is 0 Å². The molecule has 0 saturated heterocycles. The van der Waals surface area contributed by atoms with E-state index in [9.17, 15) is 8.42 Å². The lowest BCUT2D eigenvalue weighted by molar-refractivity contribution is 0.0537. The van der Waals surface area contributed by atoms with Gasteiger partial charge in [0.15, 0.2) is 9.84 Å². The van der Waals surface area contributed by atoms with E-state index >= 15 is 0 Å². The highest BCUT2D eigenvalue weighted by atomic mass is 32.2. The third-order valence-corrected chi connectivity index (χ3v) is 4.61. The van der Waals surface area contributed by atoms with Crippen molar-refractivity contribution >= 4 is 27.0 Å². The third-order valence-electron chi connectivity index (χ3n) is 2.69. The maximum Gasteiger partial charge on any atom is 0.180 e. The van der Waals surface area contributed by atoms with Crippen LogP contribution in [-0.2, 0) is 19.3 Å². The van der Waals surface area contributed by atoms with Crippen molar-refractivity contribution in [3.63, 3.8) is 0 Å².